The van der Waals surface area contributed by atoms with Crippen LogP contribution in [0.1, 0.15) is 9.67 Å². The molecule has 0 N–H and O–H groups in total. The topological polar surface area (TPSA) is 17.1 Å². The van der Waals surface area contributed by atoms with Gasteiger partial charge in [0.2, 0.25) is 0 Å². The molecule has 1 heterocycles. The number of rotatable bonds is 2. The van der Waals surface area contributed by atoms with Gasteiger partial charge in [-0.15, -0.1) is 11.3 Å². The summed E-state index contributed by atoms with van der Waals surface area (Å²) in [6, 6.07) is 5.31. The fourth-order valence-electron chi connectivity index (χ4n) is 1.24. The Morgan fingerprint density at radius 1 is 1.07 bits per heavy atom. The number of hydrogen-bond acceptors (Lipinski definition) is 2. The number of thiophene rings is 1. The third-order valence-electron chi connectivity index (χ3n) is 1.99. The highest BCUT2D eigenvalue weighted by atomic mass is 32.1. The van der Waals surface area contributed by atoms with Crippen molar-refractivity contribution in [2.75, 3.05) is 0 Å². The van der Waals surface area contributed by atoms with Crippen molar-refractivity contribution in [3.05, 3.63) is 46.2 Å². The lowest BCUT2D eigenvalue weighted by molar-refractivity contribution is 0.112. The van der Waals surface area contributed by atoms with Crippen LogP contribution >= 0.6 is 11.3 Å². The first-order chi connectivity index (χ1) is 7.20. The number of hydrogen-bond donors (Lipinski definition) is 0. The molecule has 0 saturated heterocycles. The molecule has 0 spiro atoms. The lowest BCUT2D eigenvalue weighted by Gasteiger charge is -1.98. The Bertz CT molecular complexity index is 505. The van der Waals surface area contributed by atoms with Crippen LogP contribution in [-0.4, -0.2) is 6.29 Å². The van der Waals surface area contributed by atoms with Crippen LogP contribution in [0.25, 0.3) is 11.1 Å². The number of carbonyl (C=O) groups is 1. The number of aldehydes is 1. The Morgan fingerprint density at radius 3 is 2.47 bits per heavy atom. The van der Waals surface area contributed by atoms with E-state index in [0.29, 0.717) is 10.4 Å². The summed E-state index contributed by atoms with van der Waals surface area (Å²) in [7, 11) is 0. The van der Waals surface area contributed by atoms with E-state index in [-0.39, 0.29) is 0 Å². The first-order valence-corrected chi connectivity index (χ1v) is 5.08. The van der Waals surface area contributed by atoms with Gasteiger partial charge in [-0.3, -0.25) is 4.79 Å². The Labute approximate surface area is 89.0 Å². The van der Waals surface area contributed by atoms with E-state index in [4.69, 9.17) is 0 Å². The largest absolute Gasteiger partial charge is 0.297 e. The van der Waals surface area contributed by atoms with E-state index in [1.54, 1.807) is 11.4 Å². The van der Waals surface area contributed by atoms with Gasteiger partial charge in [0.25, 0.3) is 0 Å². The fourth-order valence-corrected chi connectivity index (χ4v) is 1.96. The van der Waals surface area contributed by atoms with Crippen LogP contribution in [0.4, 0.5) is 8.78 Å². The second-order valence-corrected chi connectivity index (χ2v) is 3.93. The maximum absolute atomic E-state index is 12.9. The SMILES string of the molecule is O=Cc1cc(-c2ccc(F)c(F)c2)cs1. The Kier molecular flexibility index (Phi) is 2.60. The molecular weight excluding hydrogens is 218 g/mol. The monoisotopic (exact) mass is 224 g/mol. The van der Waals surface area contributed by atoms with Crippen molar-refractivity contribution in [1.82, 2.24) is 0 Å². The molecule has 1 nitrogen and oxygen atoms in total. The van der Waals surface area contributed by atoms with Gasteiger partial charge in [0.05, 0.1) is 4.88 Å². The molecule has 2 aromatic rings. The lowest BCUT2D eigenvalue weighted by Crippen LogP contribution is -1.83. The van der Waals surface area contributed by atoms with Gasteiger partial charge >= 0.3 is 0 Å². The molecule has 4 heteroatoms. The molecule has 1 aromatic heterocycles. The summed E-state index contributed by atoms with van der Waals surface area (Å²) in [4.78, 5) is 11.0. The minimum atomic E-state index is -0.883. The van der Waals surface area contributed by atoms with E-state index in [2.05, 4.69) is 0 Å². The average molecular weight is 224 g/mol. The zero-order chi connectivity index (χ0) is 10.8. The van der Waals surface area contributed by atoms with Crippen molar-refractivity contribution in [2.24, 2.45) is 0 Å². The van der Waals surface area contributed by atoms with Crippen LogP contribution < -0.4 is 0 Å². The van der Waals surface area contributed by atoms with Gasteiger partial charge in [-0.1, -0.05) is 6.07 Å². The van der Waals surface area contributed by atoms with Crippen molar-refractivity contribution in [3.8, 4) is 11.1 Å². The molecular formula is C11H6F2OS. The van der Waals surface area contributed by atoms with Gasteiger partial charge in [0.1, 0.15) is 0 Å². The summed E-state index contributed by atoms with van der Waals surface area (Å²) < 4.78 is 25.6. The van der Waals surface area contributed by atoms with E-state index >= 15 is 0 Å². The Balaban J connectivity index is 2.44. The van der Waals surface area contributed by atoms with Gasteiger partial charge in [-0.25, -0.2) is 8.78 Å². The quantitative estimate of drug-likeness (QED) is 0.713. The Hall–Kier alpha value is -1.55. The molecule has 0 amide bonds. The summed E-state index contributed by atoms with van der Waals surface area (Å²) in [6.45, 7) is 0. The second kappa shape index (κ2) is 3.90. The third-order valence-corrected chi connectivity index (χ3v) is 2.85. The predicted octanol–water partition coefficient (Wildman–Crippen LogP) is 3.51. The molecule has 15 heavy (non-hydrogen) atoms. The van der Waals surface area contributed by atoms with Crippen molar-refractivity contribution >= 4 is 17.6 Å². The van der Waals surface area contributed by atoms with E-state index in [1.807, 2.05) is 0 Å². The van der Waals surface area contributed by atoms with Crippen molar-refractivity contribution in [1.29, 1.82) is 0 Å². The summed E-state index contributed by atoms with van der Waals surface area (Å²) in [5.41, 5.74) is 1.29. The van der Waals surface area contributed by atoms with E-state index in [9.17, 15) is 13.6 Å². The minimum absolute atomic E-state index is 0.565. The van der Waals surface area contributed by atoms with Gasteiger partial charge in [0.15, 0.2) is 17.9 Å². The minimum Gasteiger partial charge on any atom is -0.297 e. The van der Waals surface area contributed by atoms with Gasteiger partial charge < -0.3 is 0 Å². The molecule has 0 radical (unpaired) electrons. The highest BCUT2D eigenvalue weighted by Crippen LogP contribution is 2.25. The van der Waals surface area contributed by atoms with E-state index in [1.165, 1.54) is 17.4 Å². The summed E-state index contributed by atoms with van der Waals surface area (Å²) >= 11 is 1.27. The summed E-state index contributed by atoms with van der Waals surface area (Å²) in [6.07, 6.45) is 0.730. The van der Waals surface area contributed by atoms with Gasteiger partial charge in [-0.05, 0) is 34.7 Å². The second-order valence-electron chi connectivity index (χ2n) is 2.98. The lowest BCUT2D eigenvalue weighted by atomic mass is 10.1. The molecule has 0 aliphatic rings. The van der Waals surface area contributed by atoms with Gasteiger partial charge in [-0.2, -0.15) is 0 Å². The van der Waals surface area contributed by atoms with Crippen LogP contribution in [0.5, 0.6) is 0 Å². The summed E-state index contributed by atoms with van der Waals surface area (Å²) in [5, 5.41) is 1.73. The predicted molar refractivity (Wildman–Crippen MR) is 55.1 cm³/mol. The smallest absolute Gasteiger partial charge is 0.160 e. The van der Waals surface area contributed by atoms with Crippen LogP contribution in [0, 0.1) is 11.6 Å². The van der Waals surface area contributed by atoms with Crippen LogP contribution in [0.2, 0.25) is 0 Å². The van der Waals surface area contributed by atoms with Crippen molar-refractivity contribution in [2.45, 2.75) is 0 Å². The molecule has 1 aromatic carbocycles. The zero-order valence-corrected chi connectivity index (χ0v) is 8.35. The standard InChI is InChI=1S/C11H6F2OS/c12-10-2-1-7(4-11(10)13)8-3-9(5-14)15-6-8/h1-6H. The first kappa shape index (κ1) is 9.98. The molecule has 0 aliphatic heterocycles. The highest BCUT2D eigenvalue weighted by Gasteiger charge is 2.06. The van der Waals surface area contributed by atoms with Crippen LogP contribution in [-0.2, 0) is 0 Å². The number of benzene rings is 1. The molecule has 0 saturated carbocycles. The number of halogens is 2. The maximum Gasteiger partial charge on any atom is 0.160 e. The Morgan fingerprint density at radius 2 is 1.87 bits per heavy atom. The molecule has 0 atom stereocenters. The number of carbonyl (C=O) groups excluding carboxylic acids is 1. The molecule has 76 valence electrons. The maximum atomic E-state index is 12.9. The van der Waals surface area contributed by atoms with E-state index in [0.717, 1.165) is 24.0 Å². The highest BCUT2D eigenvalue weighted by molar-refractivity contribution is 7.12. The zero-order valence-electron chi connectivity index (χ0n) is 7.54. The fraction of sp³-hybridized carbons (Fsp3) is 0. The summed E-state index contributed by atoms with van der Waals surface area (Å²) in [5.74, 6) is -1.75. The molecule has 2 rings (SSSR count). The molecule has 0 unspecified atom stereocenters. The van der Waals surface area contributed by atoms with Crippen LogP contribution in [0.15, 0.2) is 29.6 Å². The van der Waals surface area contributed by atoms with Crippen LogP contribution in [0.3, 0.4) is 0 Å². The van der Waals surface area contributed by atoms with Gasteiger partial charge in [0, 0.05) is 0 Å². The normalized spacial score (nSPS) is 10.3. The van der Waals surface area contributed by atoms with Crippen molar-refractivity contribution < 1.29 is 13.6 Å². The molecule has 0 bridgehead atoms. The van der Waals surface area contributed by atoms with Crippen molar-refractivity contribution in [3.63, 3.8) is 0 Å². The third kappa shape index (κ3) is 1.94. The molecule has 0 fully saturated rings. The average Bonchev–Trinajstić information content (AvgIpc) is 2.70. The van der Waals surface area contributed by atoms with E-state index < -0.39 is 11.6 Å². The first-order valence-electron chi connectivity index (χ1n) is 4.20. The molecule has 0 aliphatic carbocycles.